The molecule has 1 saturated heterocycles. The third-order valence-corrected chi connectivity index (χ3v) is 3.82. The molecule has 1 aliphatic heterocycles. The van der Waals surface area contributed by atoms with Gasteiger partial charge in [-0.1, -0.05) is 18.2 Å². The number of hydrogen-bond donors (Lipinski definition) is 2. The lowest BCUT2D eigenvalue weighted by Crippen LogP contribution is -2.43. The van der Waals surface area contributed by atoms with E-state index in [0.29, 0.717) is 17.4 Å². The van der Waals surface area contributed by atoms with Crippen molar-refractivity contribution in [2.24, 2.45) is 0 Å². The number of rotatable bonds is 5. The van der Waals surface area contributed by atoms with Crippen LogP contribution in [-0.2, 0) is 11.3 Å². The predicted molar refractivity (Wildman–Crippen MR) is 83.8 cm³/mol. The summed E-state index contributed by atoms with van der Waals surface area (Å²) < 4.78 is 5.69. The van der Waals surface area contributed by atoms with Crippen LogP contribution in [0, 0.1) is 0 Å². The molecule has 20 heavy (non-hydrogen) atoms. The number of para-hydroxylation sites is 1. The molecule has 0 radical (unpaired) electrons. The van der Waals surface area contributed by atoms with Crippen LogP contribution in [0.15, 0.2) is 24.3 Å². The minimum atomic E-state index is 0.234. The molecule has 2 N–H and O–H groups in total. The van der Waals surface area contributed by atoms with Crippen molar-refractivity contribution in [3.8, 4) is 5.75 Å². The van der Waals surface area contributed by atoms with E-state index in [4.69, 9.17) is 17.0 Å². The van der Waals surface area contributed by atoms with Gasteiger partial charge >= 0.3 is 0 Å². The van der Waals surface area contributed by atoms with Crippen LogP contribution in [-0.4, -0.2) is 40.9 Å². The number of ether oxygens (including phenoxy) is 1. The molecule has 110 valence electrons. The van der Waals surface area contributed by atoms with Crippen LogP contribution in [0.2, 0.25) is 0 Å². The maximum atomic E-state index is 9.91. The van der Waals surface area contributed by atoms with Crippen LogP contribution in [0.1, 0.15) is 25.3 Å². The van der Waals surface area contributed by atoms with Gasteiger partial charge in [-0.15, -0.1) is 0 Å². The Balaban J connectivity index is 2.05. The summed E-state index contributed by atoms with van der Waals surface area (Å²) in [7, 11) is 0. The highest BCUT2D eigenvalue weighted by Gasteiger charge is 2.21. The number of thiocarbonyl (C=S) groups is 1. The SMILES string of the molecule is CCNC(=S)N(Cc1ccccc1O)C[C@@H]1CCCO1. The van der Waals surface area contributed by atoms with E-state index in [-0.39, 0.29) is 6.10 Å². The van der Waals surface area contributed by atoms with Crippen molar-refractivity contribution in [1.29, 1.82) is 0 Å². The predicted octanol–water partition coefficient (Wildman–Crippen LogP) is 2.27. The number of aromatic hydroxyl groups is 1. The van der Waals surface area contributed by atoms with E-state index >= 15 is 0 Å². The molecule has 0 aromatic heterocycles. The van der Waals surface area contributed by atoms with E-state index in [0.717, 1.165) is 38.1 Å². The van der Waals surface area contributed by atoms with E-state index in [1.807, 2.05) is 25.1 Å². The monoisotopic (exact) mass is 294 g/mol. The molecule has 1 fully saturated rings. The van der Waals surface area contributed by atoms with Gasteiger partial charge in [0.25, 0.3) is 0 Å². The molecule has 5 heteroatoms. The number of phenolic OH excluding ortho intramolecular Hbond substituents is 1. The highest BCUT2D eigenvalue weighted by molar-refractivity contribution is 7.80. The first-order chi connectivity index (χ1) is 9.70. The second-order valence-corrected chi connectivity index (χ2v) is 5.37. The highest BCUT2D eigenvalue weighted by atomic mass is 32.1. The standard InChI is InChI=1S/C15H22N2O2S/c1-2-16-15(20)17(11-13-7-5-9-19-13)10-12-6-3-4-8-14(12)18/h3-4,6,8,13,18H,2,5,7,9-11H2,1H3,(H,16,20)/t13-/m0/s1. The van der Waals surface area contributed by atoms with Gasteiger partial charge in [0.1, 0.15) is 5.75 Å². The highest BCUT2D eigenvalue weighted by Crippen LogP contribution is 2.20. The second-order valence-electron chi connectivity index (χ2n) is 4.98. The van der Waals surface area contributed by atoms with Gasteiger partial charge in [0, 0.05) is 31.8 Å². The third-order valence-electron chi connectivity index (χ3n) is 3.42. The Kier molecular flexibility index (Phi) is 5.61. The zero-order chi connectivity index (χ0) is 14.4. The number of phenols is 1. The Morgan fingerprint density at radius 2 is 2.30 bits per heavy atom. The van der Waals surface area contributed by atoms with Crippen molar-refractivity contribution in [2.45, 2.75) is 32.4 Å². The molecular weight excluding hydrogens is 272 g/mol. The molecule has 1 aromatic carbocycles. The molecule has 0 bridgehead atoms. The third kappa shape index (κ3) is 4.08. The van der Waals surface area contributed by atoms with E-state index < -0.39 is 0 Å². The molecule has 0 unspecified atom stereocenters. The summed E-state index contributed by atoms with van der Waals surface area (Å²) in [4.78, 5) is 2.07. The van der Waals surface area contributed by atoms with Crippen LogP contribution in [0.4, 0.5) is 0 Å². The van der Waals surface area contributed by atoms with Gasteiger partial charge in [0.15, 0.2) is 5.11 Å². The first kappa shape index (κ1) is 15.1. The van der Waals surface area contributed by atoms with Gasteiger partial charge < -0.3 is 20.1 Å². The van der Waals surface area contributed by atoms with Gasteiger partial charge in [-0.25, -0.2) is 0 Å². The molecule has 0 saturated carbocycles. The van der Waals surface area contributed by atoms with Crippen molar-refractivity contribution in [1.82, 2.24) is 10.2 Å². The maximum Gasteiger partial charge on any atom is 0.169 e. The summed E-state index contributed by atoms with van der Waals surface area (Å²) in [6, 6.07) is 7.38. The summed E-state index contributed by atoms with van der Waals surface area (Å²) in [5, 5.41) is 13.8. The average molecular weight is 294 g/mol. The first-order valence-corrected chi connectivity index (χ1v) is 7.52. The van der Waals surface area contributed by atoms with Crippen molar-refractivity contribution >= 4 is 17.3 Å². The molecule has 1 atom stereocenters. The fourth-order valence-corrected chi connectivity index (χ4v) is 2.65. The minimum absolute atomic E-state index is 0.234. The van der Waals surface area contributed by atoms with Crippen molar-refractivity contribution in [3.05, 3.63) is 29.8 Å². The van der Waals surface area contributed by atoms with Crippen molar-refractivity contribution < 1.29 is 9.84 Å². The maximum absolute atomic E-state index is 9.91. The molecule has 0 aliphatic carbocycles. The second kappa shape index (κ2) is 7.45. The average Bonchev–Trinajstić information content (AvgIpc) is 2.93. The molecule has 1 aliphatic rings. The van der Waals surface area contributed by atoms with Crippen LogP contribution < -0.4 is 5.32 Å². The molecule has 1 aromatic rings. The summed E-state index contributed by atoms with van der Waals surface area (Å²) in [5.41, 5.74) is 0.880. The number of nitrogens with zero attached hydrogens (tertiary/aromatic N) is 1. The van der Waals surface area contributed by atoms with Gasteiger partial charge in [-0.2, -0.15) is 0 Å². The van der Waals surface area contributed by atoms with Crippen LogP contribution in [0.25, 0.3) is 0 Å². The lowest BCUT2D eigenvalue weighted by molar-refractivity contribution is 0.0896. The Labute approximate surface area is 125 Å². The molecule has 4 nitrogen and oxygen atoms in total. The summed E-state index contributed by atoms with van der Waals surface area (Å²) in [6.45, 7) is 5.01. The molecule has 2 rings (SSSR count). The molecular formula is C15H22N2O2S. The number of benzene rings is 1. The quantitative estimate of drug-likeness (QED) is 0.816. The fourth-order valence-electron chi connectivity index (χ4n) is 2.37. The smallest absolute Gasteiger partial charge is 0.169 e. The van der Waals surface area contributed by atoms with Gasteiger partial charge in [-0.3, -0.25) is 0 Å². The zero-order valence-corrected chi connectivity index (χ0v) is 12.7. The van der Waals surface area contributed by atoms with Gasteiger partial charge in [0.05, 0.1) is 6.10 Å². The van der Waals surface area contributed by atoms with E-state index in [1.165, 1.54) is 0 Å². The topological polar surface area (TPSA) is 44.7 Å². The molecule has 1 heterocycles. The summed E-state index contributed by atoms with van der Waals surface area (Å²) in [6.07, 6.45) is 2.42. The van der Waals surface area contributed by atoms with Crippen LogP contribution in [0.3, 0.4) is 0 Å². The van der Waals surface area contributed by atoms with Gasteiger partial charge in [0.2, 0.25) is 0 Å². The Morgan fingerprint density at radius 1 is 1.50 bits per heavy atom. The summed E-state index contributed by atoms with van der Waals surface area (Å²) >= 11 is 5.43. The Morgan fingerprint density at radius 3 is 2.95 bits per heavy atom. The normalized spacial score (nSPS) is 17.9. The van der Waals surface area contributed by atoms with E-state index in [2.05, 4.69) is 10.2 Å². The zero-order valence-electron chi connectivity index (χ0n) is 11.8. The minimum Gasteiger partial charge on any atom is -0.508 e. The Bertz CT molecular complexity index is 447. The lowest BCUT2D eigenvalue weighted by Gasteiger charge is -2.28. The van der Waals surface area contributed by atoms with Crippen LogP contribution in [0.5, 0.6) is 5.75 Å². The Hall–Kier alpha value is -1.33. The van der Waals surface area contributed by atoms with Crippen molar-refractivity contribution in [3.63, 3.8) is 0 Å². The van der Waals surface area contributed by atoms with E-state index in [9.17, 15) is 5.11 Å². The number of nitrogens with one attached hydrogen (secondary N) is 1. The summed E-state index contributed by atoms with van der Waals surface area (Å²) in [5.74, 6) is 0.309. The molecule has 0 amide bonds. The lowest BCUT2D eigenvalue weighted by atomic mass is 10.1. The molecule has 0 spiro atoms. The first-order valence-electron chi connectivity index (χ1n) is 7.12. The largest absolute Gasteiger partial charge is 0.508 e. The van der Waals surface area contributed by atoms with E-state index in [1.54, 1.807) is 6.07 Å². The van der Waals surface area contributed by atoms with Crippen molar-refractivity contribution in [2.75, 3.05) is 19.7 Å². The van der Waals surface area contributed by atoms with Gasteiger partial charge in [-0.05, 0) is 38.0 Å². The van der Waals surface area contributed by atoms with Crippen LogP contribution >= 0.6 is 12.2 Å². The fraction of sp³-hybridized carbons (Fsp3) is 0.533. The number of hydrogen-bond acceptors (Lipinski definition) is 3.